The Hall–Kier alpha value is -2.08. The van der Waals surface area contributed by atoms with E-state index in [0.717, 1.165) is 10.8 Å². The highest BCUT2D eigenvalue weighted by molar-refractivity contribution is 5.28. The average Bonchev–Trinajstić information content (AvgIpc) is 2.74. The Kier molecular flexibility index (Phi) is 4.71. The van der Waals surface area contributed by atoms with Crippen LogP contribution in [-0.4, -0.2) is 68.9 Å². The van der Waals surface area contributed by atoms with Crippen LogP contribution < -0.4 is 11.2 Å². The van der Waals surface area contributed by atoms with Crippen molar-refractivity contribution < 1.29 is 20.1 Å². The van der Waals surface area contributed by atoms with Gasteiger partial charge in [-0.2, -0.15) is 0 Å². The molecule has 0 saturated carbocycles. The van der Waals surface area contributed by atoms with Gasteiger partial charge in [0.05, 0.1) is 6.61 Å². The summed E-state index contributed by atoms with van der Waals surface area (Å²) in [6, 6.07) is 0. The van der Waals surface area contributed by atoms with Crippen molar-refractivity contribution in [2.24, 2.45) is 10.3 Å². The molecule has 0 aromatic carbocycles. The molecule has 1 aromatic rings. The molecule has 1 aliphatic heterocycles. The molecule has 0 amide bonds. The summed E-state index contributed by atoms with van der Waals surface area (Å²) in [5.41, 5.74) is -1.77. The molecule has 0 spiro atoms. The fourth-order valence-corrected chi connectivity index (χ4v) is 1.98. The summed E-state index contributed by atoms with van der Waals surface area (Å²) in [7, 11) is 3.19. The van der Waals surface area contributed by atoms with Crippen LogP contribution >= 0.6 is 0 Å². The maximum Gasteiger partial charge on any atom is 0.330 e. The molecule has 11 nitrogen and oxygen atoms in total. The summed E-state index contributed by atoms with van der Waals surface area (Å²) in [6.07, 6.45) is -4.04. The molecule has 4 atom stereocenters. The summed E-state index contributed by atoms with van der Waals surface area (Å²) >= 11 is 0. The van der Waals surface area contributed by atoms with Gasteiger partial charge in [0.1, 0.15) is 18.3 Å². The van der Waals surface area contributed by atoms with Crippen molar-refractivity contribution in [1.82, 2.24) is 14.6 Å². The number of nitrogens with one attached hydrogen (secondary N) is 1. The summed E-state index contributed by atoms with van der Waals surface area (Å²) in [4.78, 5) is 25.5. The third-order valence-corrected chi connectivity index (χ3v) is 3.07. The van der Waals surface area contributed by atoms with E-state index in [-0.39, 0.29) is 5.69 Å². The maximum absolute atomic E-state index is 11.9. The highest BCUT2D eigenvalue weighted by Crippen LogP contribution is 2.28. The number of nitrogens with zero attached hydrogens (tertiary/aromatic N) is 4. The van der Waals surface area contributed by atoms with Crippen molar-refractivity contribution in [2.45, 2.75) is 24.5 Å². The molecule has 0 radical (unpaired) electrons. The Labute approximate surface area is 124 Å². The van der Waals surface area contributed by atoms with Gasteiger partial charge in [-0.15, -0.1) is 5.11 Å². The van der Waals surface area contributed by atoms with E-state index < -0.39 is 42.4 Å². The molecule has 4 N–H and O–H groups in total. The fraction of sp³-hybridized carbons (Fsp3) is 0.636. The van der Waals surface area contributed by atoms with Crippen LogP contribution in [0.3, 0.4) is 0 Å². The lowest BCUT2D eigenvalue weighted by Crippen LogP contribution is -2.37. The Morgan fingerprint density at radius 1 is 1.36 bits per heavy atom. The van der Waals surface area contributed by atoms with E-state index in [2.05, 4.69) is 10.3 Å². The number of aromatic nitrogens is 2. The zero-order valence-electron chi connectivity index (χ0n) is 11.9. The smallest absolute Gasteiger partial charge is 0.330 e. The lowest BCUT2D eigenvalue weighted by Gasteiger charge is -2.17. The van der Waals surface area contributed by atoms with Crippen LogP contribution in [0.15, 0.2) is 26.1 Å². The molecule has 1 saturated heterocycles. The molecule has 1 aliphatic rings. The Morgan fingerprint density at radius 2 is 2.05 bits per heavy atom. The summed E-state index contributed by atoms with van der Waals surface area (Å²) in [5.74, 6) is 0. The zero-order valence-corrected chi connectivity index (χ0v) is 11.9. The van der Waals surface area contributed by atoms with Gasteiger partial charge in [0.15, 0.2) is 11.9 Å². The minimum atomic E-state index is -1.45. The maximum atomic E-state index is 11.9. The standard InChI is InChI=1S/C11H17N5O6/c1-15(2)14-13-5-3-16(11(21)12-9(5)20)10-8(19)7(18)6(4-17)22-10/h3,6-8,10,17-19H,4H2,1-2H3,(H,12,20,21)/t6-,7+,8+,10+/m0/s1. The van der Waals surface area contributed by atoms with Gasteiger partial charge in [-0.3, -0.25) is 19.4 Å². The van der Waals surface area contributed by atoms with Crippen LogP contribution in [0.4, 0.5) is 5.69 Å². The van der Waals surface area contributed by atoms with Crippen LogP contribution in [0, 0.1) is 0 Å². The quantitative estimate of drug-likeness (QED) is 0.360. The van der Waals surface area contributed by atoms with Crippen LogP contribution in [0.5, 0.6) is 0 Å². The minimum absolute atomic E-state index is 0.175. The molecule has 0 unspecified atom stereocenters. The van der Waals surface area contributed by atoms with Gasteiger partial charge in [-0.25, -0.2) is 4.79 Å². The highest BCUT2D eigenvalue weighted by atomic mass is 16.6. The summed E-state index contributed by atoms with van der Waals surface area (Å²) in [6.45, 7) is -0.528. The molecule has 2 heterocycles. The first-order chi connectivity index (χ1) is 10.3. The van der Waals surface area contributed by atoms with Crippen LogP contribution in [-0.2, 0) is 4.74 Å². The van der Waals surface area contributed by atoms with E-state index in [1.807, 2.05) is 4.98 Å². The molecule has 0 aliphatic carbocycles. The number of hydrogen-bond acceptors (Lipinski definition) is 8. The fourth-order valence-electron chi connectivity index (χ4n) is 1.98. The van der Waals surface area contributed by atoms with Crippen molar-refractivity contribution in [2.75, 3.05) is 20.7 Å². The first kappa shape index (κ1) is 16.3. The van der Waals surface area contributed by atoms with E-state index >= 15 is 0 Å². The number of H-pyrrole nitrogens is 1. The minimum Gasteiger partial charge on any atom is -0.394 e. The topological polar surface area (TPSA) is 153 Å². The molecule has 2 rings (SSSR count). The predicted molar refractivity (Wildman–Crippen MR) is 72.5 cm³/mol. The first-order valence-electron chi connectivity index (χ1n) is 6.42. The van der Waals surface area contributed by atoms with Crippen LogP contribution in [0.1, 0.15) is 6.23 Å². The largest absolute Gasteiger partial charge is 0.394 e. The first-order valence-corrected chi connectivity index (χ1v) is 6.42. The van der Waals surface area contributed by atoms with Crippen LogP contribution in [0.25, 0.3) is 0 Å². The third-order valence-electron chi connectivity index (χ3n) is 3.07. The number of aliphatic hydroxyl groups is 3. The van der Waals surface area contributed by atoms with E-state index in [9.17, 15) is 19.8 Å². The van der Waals surface area contributed by atoms with Crippen molar-refractivity contribution in [3.8, 4) is 0 Å². The average molecular weight is 315 g/mol. The van der Waals surface area contributed by atoms with Gasteiger partial charge < -0.3 is 20.1 Å². The zero-order chi connectivity index (χ0) is 16.4. The lowest BCUT2D eigenvalue weighted by atomic mass is 10.1. The van der Waals surface area contributed by atoms with Gasteiger partial charge in [-0.05, 0) is 0 Å². The highest BCUT2D eigenvalue weighted by Gasteiger charge is 2.43. The van der Waals surface area contributed by atoms with Crippen molar-refractivity contribution >= 4 is 5.69 Å². The molecule has 1 fully saturated rings. The molecule has 1 aromatic heterocycles. The van der Waals surface area contributed by atoms with E-state index in [1.54, 1.807) is 14.1 Å². The summed E-state index contributed by atoms with van der Waals surface area (Å²) in [5, 5.41) is 37.3. The van der Waals surface area contributed by atoms with Gasteiger partial charge in [0.25, 0.3) is 5.56 Å². The number of rotatable bonds is 4. The second-order valence-corrected chi connectivity index (χ2v) is 4.95. The van der Waals surface area contributed by atoms with Crippen LogP contribution in [0.2, 0.25) is 0 Å². The Balaban J connectivity index is 2.41. The van der Waals surface area contributed by atoms with E-state index in [0.29, 0.717) is 0 Å². The number of ether oxygens (including phenoxy) is 1. The molecular formula is C11H17N5O6. The predicted octanol–water partition coefficient (Wildman–Crippen LogP) is -2.29. The van der Waals surface area contributed by atoms with E-state index in [1.165, 1.54) is 5.01 Å². The summed E-state index contributed by atoms with van der Waals surface area (Å²) < 4.78 is 6.11. The lowest BCUT2D eigenvalue weighted by molar-refractivity contribution is -0.0549. The van der Waals surface area contributed by atoms with Gasteiger partial charge in [0.2, 0.25) is 0 Å². The second kappa shape index (κ2) is 6.36. The molecule has 0 bridgehead atoms. The number of aliphatic hydroxyl groups excluding tert-OH is 3. The molecular weight excluding hydrogens is 298 g/mol. The normalized spacial score (nSPS) is 28.4. The number of aromatic amines is 1. The number of hydrogen-bond donors (Lipinski definition) is 4. The van der Waals surface area contributed by atoms with Crippen molar-refractivity contribution in [3.05, 3.63) is 27.0 Å². The van der Waals surface area contributed by atoms with Gasteiger partial charge >= 0.3 is 5.69 Å². The Bertz CT molecular complexity index is 668. The molecule has 22 heavy (non-hydrogen) atoms. The monoisotopic (exact) mass is 315 g/mol. The SMILES string of the molecule is CN(C)N=Nc1cn([C@@H]2O[C@@H](CO)[C@@H](O)[C@H]2O)c(=O)[nH]c1=O. The van der Waals surface area contributed by atoms with Gasteiger partial charge in [-0.1, -0.05) is 5.22 Å². The van der Waals surface area contributed by atoms with Gasteiger partial charge in [0, 0.05) is 20.3 Å². The second-order valence-electron chi connectivity index (χ2n) is 4.95. The third kappa shape index (κ3) is 3.06. The molecule has 122 valence electrons. The van der Waals surface area contributed by atoms with Crippen molar-refractivity contribution in [3.63, 3.8) is 0 Å². The molecule has 11 heteroatoms. The van der Waals surface area contributed by atoms with E-state index in [4.69, 9.17) is 9.84 Å². The Morgan fingerprint density at radius 3 is 2.59 bits per heavy atom. The van der Waals surface area contributed by atoms with Crippen molar-refractivity contribution in [1.29, 1.82) is 0 Å².